The summed E-state index contributed by atoms with van der Waals surface area (Å²) in [6.45, 7) is 7.31. The fourth-order valence-corrected chi connectivity index (χ4v) is 1.34. The molecule has 0 aromatic carbocycles. The Bertz CT molecular complexity index is 257. The second-order valence-electron chi connectivity index (χ2n) is 4.70. The Labute approximate surface area is 80.1 Å². The lowest BCUT2D eigenvalue weighted by atomic mass is 9.91. The van der Waals surface area contributed by atoms with Gasteiger partial charge >= 0.3 is 0 Å². The van der Waals surface area contributed by atoms with Gasteiger partial charge in [0.2, 0.25) is 0 Å². The number of hydrogen-bond donors (Lipinski definition) is 1. The summed E-state index contributed by atoms with van der Waals surface area (Å²) in [6, 6.07) is 2.11. The highest BCUT2D eigenvalue weighted by Crippen LogP contribution is 2.21. The van der Waals surface area contributed by atoms with Gasteiger partial charge in [-0.25, -0.2) is 0 Å². The van der Waals surface area contributed by atoms with Crippen molar-refractivity contribution in [3.05, 3.63) is 23.7 Å². The van der Waals surface area contributed by atoms with Crippen LogP contribution in [0.1, 0.15) is 32.1 Å². The summed E-state index contributed by atoms with van der Waals surface area (Å²) in [7, 11) is 0. The van der Waals surface area contributed by atoms with Crippen LogP contribution in [0.5, 0.6) is 0 Å². The Morgan fingerprint density at radius 3 is 2.62 bits per heavy atom. The van der Waals surface area contributed by atoms with Crippen LogP contribution in [0.3, 0.4) is 0 Å². The van der Waals surface area contributed by atoms with E-state index in [1.54, 1.807) is 0 Å². The standard InChI is InChI=1S/C11H19NO/c1-11(2,3)7-10-6-9(4-5-12)8-13-10/h6,8H,4-5,7,12H2,1-3H3. The molecule has 0 fully saturated rings. The molecule has 1 rings (SSSR count). The largest absolute Gasteiger partial charge is 0.469 e. The van der Waals surface area contributed by atoms with Gasteiger partial charge in [-0.05, 0) is 30.0 Å². The summed E-state index contributed by atoms with van der Waals surface area (Å²) in [4.78, 5) is 0. The van der Waals surface area contributed by atoms with Gasteiger partial charge in [0.05, 0.1) is 6.26 Å². The number of nitrogens with two attached hydrogens (primary N) is 1. The average molecular weight is 181 g/mol. The molecular formula is C11H19NO. The number of rotatable bonds is 3. The normalized spacial score (nSPS) is 12.0. The van der Waals surface area contributed by atoms with E-state index in [-0.39, 0.29) is 5.41 Å². The van der Waals surface area contributed by atoms with Gasteiger partial charge in [0.15, 0.2) is 0 Å². The third-order valence-electron chi connectivity index (χ3n) is 1.85. The molecule has 0 saturated carbocycles. The number of furan rings is 1. The molecule has 0 radical (unpaired) electrons. The molecule has 0 unspecified atom stereocenters. The first kappa shape index (κ1) is 10.3. The highest BCUT2D eigenvalue weighted by atomic mass is 16.3. The molecule has 1 heterocycles. The van der Waals surface area contributed by atoms with E-state index in [2.05, 4.69) is 26.8 Å². The van der Waals surface area contributed by atoms with E-state index in [4.69, 9.17) is 10.2 Å². The zero-order valence-corrected chi connectivity index (χ0v) is 8.76. The Balaban J connectivity index is 2.59. The van der Waals surface area contributed by atoms with E-state index in [9.17, 15) is 0 Å². The SMILES string of the molecule is CC(C)(C)Cc1cc(CCN)co1. The second-order valence-corrected chi connectivity index (χ2v) is 4.70. The van der Waals surface area contributed by atoms with Crippen LogP contribution in [0.4, 0.5) is 0 Å². The third kappa shape index (κ3) is 3.64. The van der Waals surface area contributed by atoms with Gasteiger partial charge in [0, 0.05) is 6.42 Å². The Morgan fingerprint density at radius 1 is 1.38 bits per heavy atom. The van der Waals surface area contributed by atoms with E-state index in [0.29, 0.717) is 6.54 Å². The molecule has 1 aromatic heterocycles. The van der Waals surface area contributed by atoms with E-state index >= 15 is 0 Å². The Kier molecular flexibility index (Phi) is 3.15. The van der Waals surface area contributed by atoms with Crippen LogP contribution in [0.2, 0.25) is 0 Å². The minimum atomic E-state index is 0.290. The van der Waals surface area contributed by atoms with Crippen LogP contribution < -0.4 is 5.73 Å². The van der Waals surface area contributed by atoms with Gasteiger partial charge in [0.25, 0.3) is 0 Å². The summed E-state index contributed by atoms with van der Waals surface area (Å²) in [5.41, 5.74) is 6.95. The lowest BCUT2D eigenvalue weighted by Gasteiger charge is -2.15. The molecule has 74 valence electrons. The van der Waals surface area contributed by atoms with Crippen LogP contribution in [-0.4, -0.2) is 6.54 Å². The molecule has 1 aromatic rings. The van der Waals surface area contributed by atoms with E-state index in [0.717, 1.165) is 18.6 Å². The van der Waals surface area contributed by atoms with E-state index < -0.39 is 0 Å². The fraction of sp³-hybridized carbons (Fsp3) is 0.636. The maximum Gasteiger partial charge on any atom is 0.104 e. The summed E-state index contributed by atoms with van der Waals surface area (Å²) >= 11 is 0. The van der Waals surface area contributed by atoms with Gasteiger partial charge in [-0.15, -0.1) is 0 Å². The molecule has 0 spiro atoms. The summed E-state index contributed by atoms with van der Waals surface area (Å²) in [5.74, 6) is 1.07. The van der Waals surface area contributed by atoms with Crippen molar-refractivity contribution < 1.29 is 4.42 Å². The highest BCUT2D eigenvalue weighted by molar-refractivity contribution is 5.14. The van der Waals surface area contributed by atoms with Crippen LogP contribution >= 0.6 is 0 Å². The maximum absolute atomic E-state index is 5.46. The van der Waals surface area contributed by atoms with Crippen molar-refractivity contribution >= 4 is 0 Å². The molecule has 2 heteroatoms. The minimum Gasteiger partial charge on any atom is -0.469 e. The second kappa shape index (κ2) is 3.97. The molecule has 0 aliphatic carbocycles. The van der Waals surface area contributed by atoms with Crippen molar-refractivity contribution in [2.24, 2.45) is 11.1 Å². The predicted octanol–water partition coefficient (Wildman–Crippen LogP) is 2.37. The van der Waals surface area contributed by atoms with Gasteiger partial charge in [-0.1, -0.05) is 20.8 Å². The van der Waals surface area contributed by atoms with Crippen molar-refractivity contribution in [2.75, 3.05) is 6.54 Å². The average Bonchev–Trinajstić information content (AvgIpc) is 2.33. The lowest BCUT2D eigenvalue weighted by Crippen LogP contribution is -2.08. The molecular weight excluding hydrogens is 162 g/mol. The van der Waals surface area contributed by atoms with E-state index in [1.807, 2.05) is 6.26 Å². The molecule has 13 heavy (non-hydrogen) atoms. The first-order valence-corrected chi connectivity index (χ1v) is 4.77. The summed E-state index contributed by atoms with van der Waals surface area (Å²) in [6.07, 6.45) is 3.71. The van der Waals surface area contributed by atoms with Gasteiger partial charge < -0.3 is 10.2 Å². The molecule has 0 aliphatic heterocycles. The van der Waals surface area contributed by atoms with Crippen LogP contribution in [0, 0.1) is 5.41 Å². The number of hydrogen-bond acceptors (Lipinski definition) is 2. The zero-order valence-electron chi connectivity index (χ0n) is 8.76. The summed E-state index contributed by atoms with van der Waals surface area (Å²) < 4.78 is 5.44. The molecule has 0 aliphatic rings. The first-order chi connectivity index (χ1) is 6.01. The quantitative estimate of drug-likeness (QED) is 0.777. The van der Waals surface area contributed by atoms with Crippen molar-refractivity contribution in [2.45, 2.75) is 33.6 Å². The highest BCUT2D eigenvalue weighted by Gasteiger charge is 2.13. The maximum atomic E-state index is 5.46. The molecule has 0 amide bonds. The molecule has 2 N–H and O–H groups in total. The van der Waals surface area contributed by atoms with Gasteiger partial charge in [-0.3, -0.25) is 0 Å². The Morgan fingerprint density at radius 2 is 2.08 bits per heavy atom. The predicted molar refractivity (Wildman–Crippen MR) is 54.6 cm³/mol. The lowest BCUT2D eigenvalue weighted by molar-refractivity contribution is 0.363. The van der Waals surface area contributed by atoms with Crippen LogP contribution in [0.15, 0.2) is 16.7 Å². The Hall–Kier alpha value is -0.760. The summed E-state index contributed by atoms with van der Waals surface area (Å²) in [5, 5.41) is 0. The zero-order chi connectivity index (χ0) is 9.90. The van der Waals surface area contributed by atoms with E-state index in [1.165, 1.54) is 5.56 Å². The van der Waals surface area contributed by atoms with Crippen LogP contribution in [-0.2, 0) is 12.8 Å². The smallest absolute Gasteiger partial charge is 0.104 e. The molecule has 0 bridgehead atoms. The van der Waals surface area contributed by atoms with Crippen molar-refractivity contribution in [3.8, 4) is 0 Å². The molecule has 0 atom stereocenters. The molecule has 2 nitrogen and oxygen atoms in total. The van der Waals surface area contributed by atoms with Crippen molar-refractivity contribution in [1.82, 2.24) is 0 Å². The van der Waals surface area contributed by atoms with Crippen LogP contribution in [0.25, 0.3) is 0 Å². The fourth-order valence-electron chi connectivity index (χ4n) is 1.34. The minimum absolute atomic E-state index is 0.290. The monoisotopic (exact) mass is 181 g/mol. The third-order valence-corrected chi connectivity index (χ3v) is 1.85. The topological polar surface area (TPSA) is 39.2 Å². The first-order valence-electron chi connectivity index (χ1n) is 4.77. The molecule has 0 saturated heterocycles. The van der Waals surface area contributed by atoms with Gasteiger partial charge in [0.1, 0.15) is 5.76 Å². The van der Waals surface area contributed by atoms with Gasteiger partial charge in [-0.2, -0.15) is 0 Å². The van der Waals surface area contributed by atoms with Crippen molar-refractivity contribution in [1.29, 1.82) is 0 Å². The van der Waals surface area contributed by atoms with Crippen molar-refractivity contribution in [3.63, 3.8) is 0 Å².